The van der Waals surface area contributed by atoms with E-state index in [2.05, 4.69) is 83.1 Å². The van der Waals surface area contributed by atoms with Gasteiger partial charge in [-0.1, -0.05) is 50.6 Å². The van der Waals surface area contributed by atoms with Crippen molar-refractivity contribution in [2.45, 2.75) is 66.1 Å². The van der Waals surface area contributed by atoms with Crippen molar-refractivity contribution in [1.29, 1.82) is 0 Å². The van der Waals surface area contributed by atoms with Crippen LogP contribution >= 0.6 is 0 Å². The van der Waals surface area contributed by atoms with Crippen molar-refractivity contribution in [3.8, 4) is 0 Å². The average molecular weight is 290 g/mol. The Balaban J connectivity index is 2.93. The molecule has 21 heavy (non-hydrogen) atoms. The van der Waals surface area contributed by atoms with Crippen LogP contribution in [0.25, 0.3) is 0 Å². The Labute approximate surface area is 131 Å². The quantitative estimate of drug-likeness (QED) is 0.763. The molecule has 1 aromatic rings. The fourth-order valence-corrected chi connectivity index (χ4v) is 2.72. The van der Waals surface area contributed by atoms with Crippen LogP contribution in [0.5, 0.6) is 0 Å². The Morgan fingerprint density at radius 1 is 1.00 bits per heavy atom. The summed E-state index contributed by atoms with van der Waals surface area (Å²) in [5.41, 5.74) is 2.72. The standard InChI is InChI=1S/C19H34N2/c1-8-13-20-19(18-11-9-15(4)10-12-18)17(6)21(7)16(5)14(2)3/h9-12,14,16-17,19-20H,8,13H2,1-7H3. The molecule has 0 bridgehead atoms. The van der Waals surface area contributed by atoms with E-state index in [0.717, 1.165) is 6.54 Å². The number of nitrogens with one attached hydrogen (secondary N) is 1. The smallest absolute Gasteiger partial charge is 0.0475 e. The van der Waals surface area contributed by atoms with Gasteiger partial charge in [0, 0.05) is 18.1 Å². The second-order valence-electron chi connectivity index (χ2n) is 6.73. The predicted octanol–water partition coefficient (Wildman–Crippen LogP) is 4.40. The van der Waals surface area contributed by atoms with Gasteiger partial charge in [0.05, 0.1) is 0 Å². The van der Waals surface area contributed by atoms with Crippen LogP contribution in [-0.2, 0) is 0 Å². The summed E-state index contributed by atoms with van der Waals surface area (Å²) in [4.78, 5) is 2.51. The van der Waals surface area contributed by atoms with Crippen LogP contribution in [0.1, 0.15) is 58.2 Å². The largest absolute Gasteiger partial charge is 0.309 e. The summed E-state index contributed by atoms with van der Waals surface area (Å²) in [5.74, 6) is 0.669. The number of hydrogen-bond donors (Lipinski definition) is 1. The summed E-state index contributed by atoms with van der Waals surface area (Å²) in [6.07, 6.45) is 1.17. The Hall–Kier alpha value is -0.860. The van der Waals surface area contributed by atoms with E-state index in [4.69, 9.17) is 0 Å². The number of benzene rings is 1. The first-order valence-electron chi connectivity index (χ1n) is 8.40. The zero-order chi connectivity index (χ0) is 16.0. The molecule has 0 fully saturated rings. The normalized spacial score (nSPS) is 16.2. The molecule has 1 N–H and O–H groups in total. The summed E-state index contributed by atoms with van der Waals surface area (Å²) >= 11 is 0. The molecule has 1 aromatic carbocycles. The maximum atomic E-state index is 3.74. The number of hydrogen-bond acceptors (Lipinski definition) is 2. The van der Waals surface area contributed by atoms with Crippen LogP contribution in [0.2, 0.25) is 0 Å². The van der Waals surface area contributed by atoms with E-state index in [1.165, 1.54) is 17.5 Å². The van der Waals surface area contributed by atoms with Crippen LogP contribution in [0.15, 0.2) is 24.3 Å². The third-order valence-corrected chi connectivity index (χ3v) is 4.78. The lowest BCUT2D eigenvalue weighted by molar-refractivity contribution is 0.129. The topological polar surface area (TPSA) is 15.3 Å². The molecule has 2 nitrogen and oxygen atoms in total. The van der Waals surface area contributed by atoms with E-state index >= 15 is 0 Å². The third kappa shape index (κ3) is 5.12. The van der Waals surface area contributed by atoms with Crippen molar-refractivity contribution < 1.29 is 0 Å². The number of nitrogens with zero attached hydrogens (tertiary/aromatic N) is 1. The van der Waals surface area contributed by atoms with Gasteiger partial charge in [0.25, 0.3) is 0 Å². The minimum atomic E-state index is 0.386. The van der Waals surface area contributed by atoms with Crippen molar-refractivity contribution in [3.05, 3.63) is 35.4 Å². The van der Waals surface area contributed by atoms with E-state index in [9.17, 15) is 0 Å². The molecule has 0 heterocycles. The Bertz CT molecular complexity index is 397. The molecule has 3 atom stereocenters. The molecule has 3 unspecified atom stereocenters. The van der Waals surface area contributed by atoms with E-state index in [1.807, 2.05) is 0 Å². The summed E-state index contributed by atoms with van der Waals surface area (Å²) in [7, 11) is 2.25. The molecule has 0 saturated carbocycles. The van der Waals surface area contributed by atoms with Crippen molar-refractivity contribution in [1.82, 2.24) is 10.2 Å². The lowest BCUT2D eigenvalue weighted by Gasteiger charge is -2.38. The molecule has 1 rings (SSSR count). The third-order valence-electron chi connectivity index (χ3n) is 4.78. The van der Waals surface area contributed by atoms with E-state index < -0.39 is 0 Å². The van der Waals surface area contributed by atoms with Gasteiger partial charge in [0.2, 0.25) is 0 Å². The van der Waals surface area contributed by atoms with Gasteiger partial charge in [-0.05, 0) is 52.3 Å². The zero-order valence-electron chi connectivity index (χ0n) is 15.0. The Morgan fingerprint density at radius 3 is 2.05 bits per heavy atom. The Kier molecular flexibility index (Phi) is 7.41. The number of rotatable bonds is 8. The maximum absolute atomic E-state index is 3.74. The minimum absolute atomic E-state index is 0.386. The highest BCUT2D eigenvalue weighted by atomic mass is 15.2. The molecule has 120 valence electrons. The number of aryl methyl sites for hydroxylation is 1. The zero-order valence-corrected chi connectivity index (χ0v) is 15.0. The molecule has 0 aromatic heterocycles. The summed E-state index contributed by atoms with van der Waals surface area (Å²) < 4.78 is 0. The molecular weight excluding hydrogens is 256 g/mol. The first-order valence-corrected chi connectivity index (χ1v) is 8.40. The highest BCUT2D eigenvalue weighted by Crippen LogP contribution is 2.24. The Morgan fingerprint density at radius 2 is 1.57 bits per heavy atom. The highest BCUT2D eigenvalue weighted by Gasteiger charge is 2.26. The highest BCUT2D eigenvalue weighted by molar-refractivity contribution is 5.25. The van der Waals surface area contributed by atoms with Crippen LogP contribution in [-0.4, -0.2) is 30.6 Å². The van der Waals surface area contributed by atoms with Crippen molar-refractivity contribution in [2.75, 3.05) is 13.6 Å². The molecular formula is C19H34N2. The van der Waals surface area contributed by atoms with Gasteiger partial charge in [-0.3, -0.25) is 4.90 Å². The van der Waals surface area contributed by atoms with Crippen molar-refractivity contribution in [3.63, 3.8) is 0 Å². The molecule has 0 aliphatic heterocycles. The predicted molar refractivity (Wildman–Crippen MR) is 93.7 cm³/mol. The van der Waals surface area contributed by atoms with Gasteiger partial charge >= 0.3 is 0 Å². The molecule has 0 aliphatic rings. The molecule has 2 heteroatoms. The molecule has 0 spiro atoms. The van der Waals surface area contributed by atoms with Crippen molar-refractivity contribution in [2.24, 2.45) is 5.92 Å². The van der Waals surface area contributed by atoms with Crippen LogP contribution in [0.4, 0.5) is 0 Å². The fourth-order valence-electron chi connectivity index (χ4n) is 2.72. The first-order chi connectivity index (χ1) is 9.88. The van der Waals surface area contributed by atoms with Gasteiger partial charge in [-0.25, -0.2) is 0 Å². The second-order valence-corrected chi connectivity index (χ2v) is 6.73. The van der Waals surface area contributed by atoms with E-state index in [-0.39, 0.29) is 0 Å². The van der Waals surface area contributed by atoms with Gasteiger partial charge in [-0.2, -0.15) is 0 Å². The van der Waals surface area contributed by atoms with E-state index in [1.54, 1.807) is 0 Å². The van der Waals surface area contributed by atoms with Crippen LogP contribution in [0.3, 0.4) is 0 Å². The van der Waals surface area contributed by atoms with Gasteiger partial charge in [0.1, 0.15) is 0 Å². The van der Waals surface area contributed by atoms with E-state index in [0.29, 0.717) is 24.0 Å². The molecule has 0 amide bonds. The van der Waals surface area contributed by atoms with Crippen molar-refractivity contribution >= 4 is 0 Å². The summed E-state index contributed by atoms with van der Waals surface area (Å²) in [5, 5.41) is 3.74. The average Bonchev–Trinajstić information content (AvgIpc) is 2.47. The number of likely N-dealkylation sites (N-methyl/N-ethyl adjacent to an activating group) is 1. The summed E-state index contributed by atoms with van der Waals surface area (Å²) in [6, 6.07) is 10.4. The lowest BCUT2D eigenvalue weighted by atomic mass is 9.95. The maximum Gasteiger partial charge on any atom is 0.0475 e. The first kappa shape index (κ1) is 18.2. The SMILES string of the molecule is CCCNC(c1ccc(C)cc1)C(C)N(C)C(C)C(C)C. The van der Waals surface area contributed by atoms with Gasteiger partial charge in [0.15, 0.2) is 0 Å². The van der Waals surface area contributed by atoms with Gasteiger partial charge in [-0.15, -0.1) is 0 Å². The lowest BCUT2D eigenvalue weighted by Crippen LogP contribution is -2.46. The van der Waals surface area contributed by atoms with Crippen LogP contribution in [0, 0.1) is 12.8 Å². The molecule has 0 aliphatic carbocycles. The van der Waals surface area contributed by atoms with Gasteiger partial charge < -0.3 is 5.32 Å². The second kappa shape index (κ2) is 8.55. The fraction of sp³-hybridized carbons (Fsp3) is 0.684. The molecule has 0 saturated heterocycles. The molecule has 0 radical (unpaired) electrons. The monoisotopic (exact) mass is 290 g/mol. The minimum Gasteiger partial charge on any atom is -0.309 e. The van der Waals surface area contributed by atoms with Crippen LogP contribution < -0.4 is 5.32 Å². The summed E-state index contributed by atoms with van der Waals surface area (Å²) in [6.45, 7) is 14.7.